The Morgan fingerprint density at radius 2 is 2.00 bits per heavy atom. The number of rotatable bonds is 5. The number of sulfonamides is 1. The van der Waals surface area contributed by atoms with Crippen molar-refractivity contribution in [3.8, 4) is 0 Å². The number of thiophene rings is 1. The lowest BCUT2D eigenvalue weighted by molar-refractivity contribution is -0.384. The Hall–Kier alpha value is -2.46. The molecule has 3 N–H and O–H groups in total. The highest BCUT2D eigenvalue weighted by molar-refractivity contribution is 7.93. The molecule has 1 unspecified atom stereocenters. The Bertz CT molecular complexity index is 980. The molecule has 3 rings (SSSR count). The Morgan fingerprint density at radius 3 is 2.58 bits per heavy atom. The molecule has 2 aromatic rings. The molecule has 138 valence electrons. The largest absolute Gasteiger partial charge is 0.365 e. The summed E-state index contributed by atoms with van der Waals surface area (Å²) < 4.78 is 27.6. The SMILES string of the molecule is CC1CCc2c(sc(NS(=O)(=O)c3ccc([N+](=O)[O-])cc3)c2C(N)=O)C1. The van der Waals surface area contributed by atoms with Gasteiger partial charge in [0.1, 0.15) is 5.00 Å². The second-order valence-electron chi connectivity index (χ2n) is 6.28. The fraction of sp³-hybridized carbons (Fsp3) is 0.312. The molecule has 1 heterocycles. The first-order valence-electron chi connectivity index (χ1n) is 7.90. The van der Waals surface area contributed by atoms with Crippen LogP contribution >= 0.6 is 11.3 Å². The first-order chi connectivity index (χ1) is 12.2. The normalized spacial score (nSPS) is 16.7. The van der Waals surface area contributed by atoms with Gasteiger partial charge in [-0.2, -0.15) is 0 Å². The summed E-state index contributed by atoms with van der Waals surface area (Å²) in [4.78, 5) is 22.8. The quantitative estimate of drug-likeness (QED) is 0.593. The number of nitrogens with two attached hydrogens (primary N) is 1. The zero-order chi connectivity index (χ0) is 19.1. The Balaban J connectivity index is 1.97. The van der Waals surface area contributed by atoms with Crippen molar-refractivity contribution in [1.82, 2.24) is 0 Å². The summed E-state index contributed by atoms with van der Waals surface area (Å²) in [7, 11) is -3.99. The molecule has 1 amide bonds. The highest BCUT2D eigenvalue weighted by Gasteiger charge is 2.28. The van der Waals surface area contributed by atoms with Gasteiger partial charge in [0.2, 0.25) is 0 Å². The molecule has 0 bridgehead atoms. The first-order valence-corrected chi connectivity index (χ1v) is 10.2. The van der Waals surface area contributed by atoms with Crippen molar-refractivity contribution >= 4 is 38.0 Å². The maximum absolute atomic E-state index is 12.6. The van der Waals surface area contributed by atoms with Gasteiger partial charge in [0.15, 0.2) is 0 Å². The number of primary amides is 1. The zero-order valence-corrected chi connectivity index (χ0v) is 15.5. The van der Waals surface area contributed by atoms with Gasteiger partial charge >= 0.3 is 0 Å². The minimum atomic E-state index is -3.99. The van der Waals surface area contributed by atoms with Crippen LogP contribution in [0.1, 0.15) is 34.1 Å². The molecular formula is C16H17N3O5S2. The topological polar surface area (TPSA) is 132 Å². The zero-order valence-electron chi connectivity index (χ0n) is 13.9. The predicted molar refractivity (Wildman–Crippen MR) is 97.9 cm³/mol. The number of non-ortho nitro benzene ring substituents is 1. The van der Waals surface area contributed by atoms with Crippen molar-refractivity contribution in [3.05, 3.63) is 50.4 Å². The molecule has 0 saturated heterocycles. The van der Waals surface area contributed by atoms with Crippen LogP contribution in [0.25, 0.3) is 0 Å². The molecular weight excluding hydrogens is 378 g/mol. The lowest BCUT2D eigenvalue weighted by Gasteiger charge is -2.18. The van der Waals surface area contributed by atoms with Gasteiger partial charge in [-0.1, -0.05) is 6.92 Å². The summed E-state index contributed by atoms with van der Waals surface area (Å²) in [6, 6.07) is 4.54. The molecule has 0 aliphatic heterocycles. The van der Waals surface area contributed by atoms with Crippen LogP contribution in [0.5, 0.6) is 0 Å². The number of amides is 1. The van der Waals surface area contributed by atoms with E-state index in [0.29, 0.717) is 12.3 Å². The average Bonchev–Trinajstić information content (AvgIpc) is 2.91. The number of benzene rings is 1. The molecule has 8 nitrogen and oxygen atoms in total. The van der Waals surface area contributed by atoms with E-state index >= 15 is 0 Å². The van der Waals surface area contributed by atoms with E-state index in [1.54, 1.807) is 0 Å². The smallest absolute Gasteiger partial charge is 0.269 e. The number of anilines is 1. The van der Waals surface area contributed by atoms with Gasteiger partial charge < -0.3 is 5.73 Å². The van der Waals surface area contributed by atoms with Crippen LogP contribution in [0.2, 0.25) is 0 Å². The van der Waals surface area contributed by atoms with Gasteiger partial charge in [0.25, 0.3) is 21.6 Å². The number of hydrogen-bond acceptors (Lipinski definition) is 6. The second-order valence-corrected chi connectivity index (χ2v) is 9.06. The number of fused-ring (bicyclic) bond motifs is 1. The summed E-state index contributed by atoms with van der Waals surface area (Å²) in [6.45, 7) is 2.10. The monoisotopic (exact) mass is 395 g/mol. The van der Waals surface area contributed by atoms with Gasteiger partial charge in [0, 0.05) is 17.0 Å². The summed E-state index contributed by atoms with van der Waals surface area (Å²) in [6.07, 6.45) is 2.38. The van der Waals surface area contributed by atoms with Crippen molar-refractivity contribution in [2.45, 2.75) is 31.1 Å². The van der Waals surface area contributed by atoms with E-state index in [1.807, 2.05) is 0 Å². The average molecular weight is 395 g/mol. The number of nitro benzene ring substituents is 1. The van der Waals surface area contributed by atoms with E-state index < -0.39 is 20.9 Å². The van der Waals surface area contributed by atoms with Crippen LogP contribution < -0.4 is 10.5 Å². The highest BCUT2D eigenvalue weighted by Crippen LogP contribution is 2.40. The molecule has 1 aromatic carbocycles. The van der Waals surface area contributed by atoms with Crippen molar-refractivity contribution in [1.29, 1.82) is 0 Å². The van der Waals surface area contributed by atoms with E-state index in [0.717, 1.165) is 47.5 Å². The van der Waals surface area contributed by atoms with E-state index in [9.17, 15) is 23.3 Å². The van der Waals surface area contributed by atoms with Crippen molar-refractivity contribution in [2.75, 3.05) is 4.72 Å². The van der Waals surface area contributed by atoms with Crippen molar-refractivity contribution in [2.24, 2.45) is 11.7 Å². The van der Waals surface area contributed by atoms with E-state index in [4.69, 9.17) is 5.73 Å². The molecule has 0 radical (unpaired) electrons. The van der Waals surface area contributed by atoms with Gasteiger partial charge in [-0.3, -0.25) is 19.6 Å². The van der Waals surface area contributed by atoms with Crippen molar-refractivity contribution in [3.63, 3.8) is 0 Å². The fourth-order valence-electron chi connectivity index (χ4n) is 3.01. The molecule has 1 atom stereocenters. The molecule has 1 aliphatic rings. The minimum absolute atomic E-state index is 0.127. The van der Waals surface area contributed by atoms with Crippen molar-refractivity contribution < 1.29 is 18.1 Å². The minimum Gasteiger partial charge on any atom is -0.365 e. The van der Waals surface area contributed by atoms with Gasteiger partial charge in [-0.25, -0.2) is 8.42 Å². The summed E-state index contributed by atoms with van der Waals surface area (Å²) in [5.74, 6) is -0.209. The lowest BCUT2D eigenvalue weighted by Crippen LogP contribution is -2.19. The maximum atomic E-state index is 12.6. The third-order valence-corrected chi connectivity index (χ3v) is 7.01. The van der Waals surface area contributed by atoms with Gasteiger partial charge in [-0.05, 0) is 42.9 Å². The fourth-order valence-corrected chi connectivity index (χ4v) is 5.73. The highest BCUT2D eigenvalue weighted by atomic mass is 32.2. The van der Waals surface area contributed by atoms with Crippen LogP contribution in [0, 0.1) is 16.0 Å². The second kappa shape index (κ2) is 6.69. The summed E-state index contributed by atoms with van der Waals surface area (Å²) in [5.41, 5.74) is 6.33. The molecule has 26 heavy (non-hydrogen) atoms. The van der Waals surface area contributed by atoms with E-state index in [2.05, 4.69) is 11.6 Å². The van der Waals surface area contributed by atoms with Crippen LogP contribution in [0.15, 0.2) is 29.2 Å². The molecule has 0 fully saturated rings. The van der Waals surface area contributed by atoms with Crippen LogP contribution in [0.4, 0.5) is 10.7 Å². The van der Waals surface area contributed by atoms with Crippen LogP contribution in [-0.2, 0) is 22.9 Å². The third kappa shape index (κ3) is 3.42. The summed E-state index contributed by atoms with van der Waals surface area (Å²) in [5, 5.41) is 10.9. The van der Waals surface area contributed by atoms with Gasteiger partial charge in [-0.15, -0.1) is 11.3 Å². The molecule has 0 saturated carbocycles. The lowest BCUT2D eigenvalue weighted by atomic mass is 9.88. The molecule has 10 heteroatoms. The Morgan fingerprint density at radius 1 is 1.35 bits per heavy atom. The number of nitrogens with zero attached hydrogens (tertiary/aromatic N) is 1. The third-order valence-electron chi connectivity index (χ3n) is 4.34. The number of nitro groups is 1. The number of hydrogen-bond donors (Lipinski definition) is 2. The Labute approximate surface area is 154 Å². The summed E-state index contributed by atoms with van der Waals surface area (Å²) >= 11 is 1.22. The standard InChI is InChI=1S/C16H17N3O5S2/c1-9-2-7-12-13(8-9)25-16(14(12)15(17)20)18-26(23,24)11-5-3-10(4-6-11)19(21)22/h3-6,9,18H,2,7-8H2,1H3,(H2,17,20). The molecule has 0 spiro atoms. The molecule has 1 aromatic heterocycles. The number of carbonyl (C=O) groups is 1. The number of carbonyl (C=O) groups excluding carboxylic acids is 1. The van der Waals surface area contributed by atoms with E-state index in [-0.39, 0.29) is 21.1 Å². The van der Waals surface area contributed by atoms with E-state index in [1.165, 1.54) is 11.3 Å². The Kier molecular flexibility index (Phi) is 4.72. The maximum Gasteiger partial charge on any atom is 0.269 e. The predicted octanol–water partition coefficient (Wildman–Crippen LogP) is 2.68. The van der Waals surface area contributed by atoms with Crippen LogP contribution in [0.3, 0.4) is 0 Å². The first kappa shape index (κ1) is 18.3. The van der Waals surface area contributed by atoms with Crippen LogP contribution in [-0.4, -0.2) is 19.2 Å². The van der Waals surface area contributed by atoms with Gasteiger partial charge in [0.05, 0.1) is 15.4 Å². The molecule has 1 aliphatic carbocycles. The number of nitrogens with one attached hydrogen (secondary N) is 1.